The molecule has 1 aliphatic carbocycles. The van der Waals surface area contributed by atoms with E-state index in [1.807, 2.05) is 71.6 Å². The zero-order chi connectivity index (χ0) is 20.5. The van der Waals surface area contributed by atoms with Crippen molar-refractivity contribution < 1.29 is 4.74 Å². The first kappa shape index (κ1) is 20.5. The van der Waals surface area contributed by atoms with Crippen molar-refractivity contribution in [3.05, 3.63) is 102 Å². The van der Waals surface area contributed by atoms with E-state index in [2.05, 4.69) is 30.4 Å². The zero-order valence-corrected chi connectivity index (χ0v) is 17.6. The van der Waals surface area contributed by atoms with Crippen molar-refractivity contribution in [3.8, 4) is 11.5 Å². The molecule has 0 heterocycles. The number of halogens is 1. The highest BCUT2D eigenvalue weighted by atomic mass is 35.5. The molecule has 4 nitrogen and oxygen atoms in total. The van der Waals surface area contributed by atoms with E-state index in [9.17, 15) is 0 Å². The number of nitrogens with zero attached hydrogens (tertiary/aromatic N) is 1. The average molecular weight is 428 g/mol. The van der Waals surface area contributed by atoms with Gasteiger partial charge in [0.2, 0.25) is 0 Å². The van der Waals surface area contributed by atoms with Gasteiger partial charge in [-0.25, -0.2) is 0 Å². The lowest BCUT2D eigenvalue weighted by atomic mass is 10.0. The van der Waals surface area contributed by atoms with Crippen LogP contribution in [0, 0.1) is 5.41 Å². The molecule has 4 aromatic rings. The molecule has 5 heteroatoms. The van der Waals surface area contributed by atoms with E-state index in [1.54, 1.807) is 0 Å². The van der Waals surface area contributed by atoms with Crippen molar-refractivity contribution in [2.24, 2.45) is 5.73 Å². The molecule has 3 N–H and O–H groups in total. The molecule has 0 amide bonds. The van der Waals surface area contributed by atoms with Crippen LogP contribution in [0.25, 0.3) is 22.9 Å². The van der Waals surface area contributed by atoms with E-state index in [0.29, 0.717) is 6.54 Å². The summed E-state index contributed by atoms with van der Waals surface area (Å²) in [6.07, 6.45) is 4.26. The Balaban J connectivity index is 0.00000231. The van der Waals surface area contributed by atoms with Crippen LogP contribution < -0.4 is 15.4 Å². The van der Waals surface area contributed by atoms with Crippen LogP contribution in [0.3, 0.4) is 0 Å². The Hall–Kier alpha value is -3.76. The Morgan fingerprint density at radius 1 is 0.806 bits per heavy atom. The van der Waals surface area contributed by atoms with Gasteiger partial charge in [0.05, 0.1) is 12.2 Å². The van der Waals surface area contributed by atoms with Crippen LogP contribution in [0.5, 0.6) is 11.5 Å². The van der Waals surface area contributed by atoms with Gasteiger partial charge in [-0.15, -0.1) is 12.4 Å². The molecule has 4 aromatic carbocycles. The number of para-hydroxylation sites is 1. The number of guanidine groups is 1. The number of hydrogen-bond acceptors (Lipinski definition) is 2. The van der Waals surface area contributed by atoms with Crippen molar-refractivity contribution in [1.29, 1.82) is 5.41 Å². The minimum atomic E-state index is 0. The summed E-state index contributed by atoms with van der Waals surface area (Å²) in [4.78, 5) is 1.84. The number of ether oxygens (including phenoxy) is 1. The maximum atomic E-state index is 8.23. The molecule has 0 aromatic heterocycles. The van der Waals surface area contributed by atoms with Crippen LogP contribution in [0.2, 0.25) is 0 Å². The number of nitrogens with one attached hydrogen (secondary N) is 1. The molecular formula is C26H22ClN3O. The van der Waals surface area contributed by atoms with Gasteiger partial charge in [0, 0.05) is 5.39 Å². The smallest absolute Gasteiger partial charge is 0.193 e. The summed E-state index contributed by atoms with van der Waals surface area (Å²) >= 11 is 0. The minimum Gasteiger partial charge on any atom is -0.457 e. The molecule has 5 rings (SSSR count). The van der Waals surface area contributed by atoms with E-state index >= 15 is 0 Å². The molecule has 0 atom stereocenters. The summed E-state index contributed by atoms with van der Waals surface area (Å²) in [5, 5.41) is 10.5. The zero-order valence-electron chi connectivity index (χ0n) is 16.8. The first-order valence-electron chi connectivity index (χ1n) is 9.86. The van der Waals surface area contributed by atoms with E-state index in [4.69, 9.17) is 15.9 Å². The molecule has 0 unspecified atom stereocenters. The van der Waals surface area contributed by atoms with Gasteiger partial charge >= 0.3 is 0 Å². The predicted molar refractivity (Wildman–Crippen MR) is 131 cm³/mol. The van der Waals surface area contributed by atoms with Crippen molar-refractivity contribution in [3.63, 3.8) is 0 Å². The summed E-state index contributed by atoms with van der Waals surface area (Å²) in [5.74, 6) is 1.56. The highest BCUT2D eigenvalue weighted by molar-refractivity contribution is 6.12. The normalized spacial score (nSPS) is 11.2. The second-order valence-corrected chi connectivity index (χ2v) is 7.31. The fourth-order valence-electron chi connectivity index (χ4n) is 3.95. The van der Waals surface area contributed by atoms with Crippen LogP contribution in [0.4, 0.5) is 5.69 Å². The van der Waals surface area contributed by atoms with Gasteiger partial charge in [0.25, 0.3) is 0 Å². The third kappa shape index (κ3) is 3.98. The van der Waals surface area contributed by atoms with Gasteiger partial charge in [-0.2, -0.15) is 0 Å². The molecule has 0 spiro atoms. The number of hydrogen-bond donors (Lipinski definition) is 2. The van der Waals surface area contributed by atoms with Crippen molar-refractivity contribution in [2.75, 3.05) is 4.90 Å². The van der Waals surface area contributed by atoms with Crippen molar-refractivity contribution in [1.82, 2.24) is 0 Å². The Labute approximate surface area is 187 Å². The first-order chi connectivity index (χ1) is 14.7. The number of benzene rings is 4. The van der Waals surface area contributed by atoms with Gasteiger partial charge in [-0.05, 0) is 52.4 Å². The third-order valence-electron chi connectivity index (χ3n) is 5.32. The van der Waals surface area contributed by atoms with E-state index in [0.717, 1.165) is 28.1 Å². The summed E-state index contributed by atoms with van der Waals surface area (Å²) in [7, 11) is 0. The van der Waals surface area contributed by atoms with Gasteiger partial charge in [-0.3, -0.25) is 5.41 Å². The standard InChI is InChI=1S/C26H21N3O.ClH/c27-26(28)29(24-15-14-20-13-12-19-7-5-11-23(24)25(19)20)17-18-6-4-10-22(16-18)30-21-8-2-1-3-9-21;/h1-16H,17H2,(H3,27,28);1H. The summed E-state index contributed by atoms with van der Waals surface area (Å²) < 4.78 is 5.97. The maximum Gasteiger partial charge on any atom is 0.193 e. The summed E-state index contributed by atoms with van der Waals surface area (Å²) in [6.45, 7) is 0.480. The lowest BCUT2D eigenvalue weighted by molar-refractivity contribution is 0.482. The lowest BCUT2D eigenvalue weighted by Crippen LogP contribution is -2.36. The topological polar surface area (TPSA) is 62.3 Å². The number of nitrogens with two attached hydrogens (primary N) is 1. The first-order valence-corrected chi connectivity index (χ1v) is 9.86. The Morgan fingerprint density at radius 3 is 2.29 bits per heavy atom. The molecule has 31 heavy (non-hydrogen) atoms. The monoisotopic (exact) mass is 427 g/mol. The van der Waals surface area contributed by atoms with Crippen LogP contribution in [0.15, 0.2) is 84.9 Å². The SMILES string of the molecule is Cl.N=C(N)N(Cc1cccc(Oc2ccccc2)c1)c1ccc2c3c(cccc13)C=C2. The Bertz CT molecular complexity index is 1270. The molecular weight excluding hydrogens is 406 g/mol. The third-order valence-corrected chi connectivity index (χ3v) is 5.32. The van der Waals surface area contributed by atoms with Crippen LogP contribution in [-0.4, -0.2) is 5.96 Å². The Kier molecular flexibility index (Phi) is 5.65. The molecule has 0 aliphatic heterocycles. The van der Waals surface area contributed by atoms with Gasteiger partial charge in [0.1, 0.15) is 11.5 Å². The second kappa shape index (κ2) is 8.54. The van der Waals surface area contributed by atoms with E-state index in [1.165, 1.54) is 16.5 Å². The fourth-order valence-corrected chi connectivity index (χ4v) is 3.95. The minimum absolute atomic E-state index is 0. The molecule has 154 valence electrons. The van der Waals surface area contributed by atoms with Gasteiger partial charge in [0.15, 0.2) is 5.96 Å². The lowest BCUT2D eigenvalue weighted by Gasteiger charge is -2.25. The van der Waals surface area contributed by atoms with Gasteiger partial charge < -0.3 is 15.4 Å². The van der Waals surface area contributed by atoms with E-state index < -0.39 is 0 Å². The highest BCUT2D eigenvalue weighted by Gasteiger charge is 2.18. The second-order valence-electron chi connectivity index (χ2n) is 7.31. The molecule has 0 fully saturated rings. The number of anilines is 1. The summed E-state index contributed by atoms with van der Waals surface area (Å²) in [6, 6.07) is 28.0. The molecule has 0 saturated carbocycles. The molecule has 0 radical (unpaired) electrons. The van der Waals surface area contributed by atoms with Gasteiger partial charge in [-0.1, -0.05) is 66.7 Å². The highest BCUT2D eigenvalue weighted by Crippen LogP contribution is 2.37. The van der Waals surface area contributed by atoms with Crippen molar-refractivity contribution >= 4 is 47.0 Å². The fraction of sp³-hybridized carbons (Fsp3) is 0.0385. The maximum absolute atomic E-state index is 8.23. The molecule has 0 bridgehead atoms. The Morgan fingerprint density at radius 2 is 1.52 bits per heavy atom. The van der Waals surface area contributed by atoms with Crippen LogP contribution in [-0.2, 0) is 6.54 Å². The largest absolute Gasteiger partial charge is 0.457 e. The quantitative estimate of drug-likeness (QED) is 0.250. The van der Waals surface area contributed by atoms with Crippen LogP contribution in [0.1, 0.15) is 16.7 Å². The van der Waals surface area contributed by atoms with E-state index in [-0.39, 0.29) is 18.4 Å². The van der Waals surface area contributed by atoms with Crippen molar-refractivity contribution in [2.45, 2.75) is 6.54 Å². The summed E-state index contributed by atoms with van der Waals surface area (Å²) in [5.41, 5.74) is 10.4. The molecule has 0 saturated heterocycles. The molecule has 1 aliphatic rings. The number of rotatable bonds is 5. The average Bonchev–Trinajstić information content (AvgIpc) is 3.18. The van der Waals surface area contributed by atoms with Crippen LogP contribution >= 0.6 is 12.4 Å². The predicted octanol–water partition coefficient (Wildman–Crippen LogP) is 6.44.